The summed E-state index contributed by atoms with van der Waals surface area (Å²) in [5.41, 5.74) is 6.39. The van der Waals surface area contributed by atoms with E-state index in [-0.39, 0.29) is 35.6 Å². The summed E-state index contributed by atoms with van der Waals surface area (Å²) in [5, 5.41) is 10.8. The maximum absolute atomic E-state index is 12.7. The lowest BCUT2D eigenvalue weighted by molar-refractivity contribution is -0.385. The van der Waals surface area contributed by atoms with Crippen molar-refractivity contribution in [2.75, 3.05) is 13.1 Å². The molecule has 2 atom stereocenters. The molecule has 122 valence electrons. The molecule has 0 bridgehead atoms. The number of rotatable bonds is 3. The van der Waals surface area contributed by atoms with Crippen LogP contribution in [0.1, 0.15) is 35.8 Å². The van der Waals surface area contributed by atoms with Gasteiger partial charge in [-0.2, -0.15) is 0 Å². The van der Waals surface area contributed by atoms with Crippen LogP contribution in [0.25, 0.3) is 0 Å². The van der Waals surface area contributed by atoms with Gasteiger partial charge in [-0.25, -0.2) is 0 Å². The van der Waals surface area contributed by atoms with E-state index < -0.39 is 4.92 Å². The van der Waals surface area contributed by atoms with Gasteiger partial charge in [0.1, 0.15) is 6.20 Å². The first-order valence-electron chi connectivity index (χ1n) is 7.06. The number of hydrogen-bond acceptors (Lipinski definition) is 5. The molecule has 1 aromatic rings. The molecule has 1 saturated heterocycles. The second kappa shape index (κ2) is 7.51. The second-order valence-corrected chi connectivity index (χ2v) is 5.60. The van der Waals surface area contributed by atoms with E-state index in [1.165, 1.54) is 12.3 Å². The van der Waals surface area contributed by atoms with Crippen LogP contribution in [0.3, 0.4) is 0 Å². The number of aromatic nitrogens is 1. The van der Waals surface area contributed by atoms with Crippen molar-refractivity contribution in [2.45, 2.75) is 32.7 Å². The number of aryl methyl sites for hydroxylation is 1. The molecule has 1 aromatic heterocycles. The Morgan fingerprint density at radius 3 is 2.86 bits per heavy atom. The van der Waals surface area contributed by atoms with E-state index in [1.807, 2.05) is 0 Å². The lowest BCUT2D eigenvalue weighted by Crippen LogP contribution is -2.49. The lowest BCUT2D eigenvalue weighted by Gasteiger charge is -2.38. The highest BCUT2D eigenvalue weighted by atomic mass is 35.5. The highest BCUT2D eigenvalue weighted by molar-refractivity contribution is 5.96. The molecule has 22 heavy (non-hydrogen) atoms. The number of nitro groups is 1. The van der Waals surface area contributed by atoms with Crippen molar-refractivity contribution < 1.29 is 9.72 Å². The Bertz CT molecular complexity index is 567. The molecule has 1 aliphatic rings. The van der Waals surface area contributed by atoms with E-state index in [1.54, 1.807) is 11.8 Å². The Morgan fingerprint density at radius 2 is 2.27 bits per heavy atom. The highest BCUT2D eigenvalue weighted by Crippen LogP contribution is 2.25. The van der Waals surface area contributed by atoms with Gasteiger partial charge in [0.05, 0.1) is 16.2 Å². The largest absolute Gasteiger partial charge is 0.334 e. The monoisotopic (exact) mass is 328 g/mol. The minimum Gasteiger partial charge on any atom is -0.334 e. The van der Waals surface area contributed by atoms with Crippen LogP contribution in [0.2, 0.25) is 0 Å². The third-order valence-corrected chi connectivity index (χ3v) is 4.02. The van der Waals surface area contributed by atoms with Gasteiger partial charge in [0.2, 0.25) is 0 Å². The van der Waals surface area contributed by atoms with E-state index in [9.17, 15) is 14.9 Å². The summed E-state index contributed by atoms with van der Waals surface area (Å²) in [6.07, 6.45) is 2.96. The second-order valence-electron chi connectivity index (χ2n) is 5.60. The fourth-order valence-electron chi connectivity index (χ4n) is 2.74. The van der Waals surface area contributed by atoms with Gasteiger partial charge in [-0.15, -0.1) is 12.4 Å². The van der Waals surface area contributed by atoms with E-state index in [4.69, 9.17) is 5.73 Å². The molecule has 0 spiro atoms. The molecule has 0 saturated carbocycles. The van der Waals surface area contributed by atoms with Gasteiger partial charge in [0.25, 0.3) is 11.6 Å². The lowest BCUT2D eigenvalue weighted by atomic mass is 9.91. The fraction of sp³-hybridized carbons (Fsp3) is 0.571. The summed E-state index contributed by atoms with van der Waals surface area (Å²) in [4.78, 5) is 28.7. The molecule has 2 heterocycles. The topological polar surface area (TPSA) is 102 Å². The number of halogens is 1. The predicted octanol–water partition coefficient (Wildman–Crippen LogP) is 1.92. The third kappa shape index (κ3) is 3.72. The third-order valence-electron chi connectivity index (χ3n) is 4.02. The summed E-state index contributed by atoms with van der Waals surface area (Å²) in [6, 6.07) is 1.29. The Hall–Kier alpha value is -1.73. The minimum absolute atomic E-state index is 0. The summed E-state index contributed by atoms with van der Waals surface area (Å²) in [7, 11) is 0. The SMILES string of the molecule is Cc1ncc([N+](=O)[O-])cc1C(=O)N1CCC(C)CC1CN.Cl. The number of amides is 1. The van der Waals surface area contributed by atoms with E-state index in [2.05, 4.69) is 11.9 Å². The maximum atomic E-state index is 12.7. The molecule has 1 amide bonds. The van der Waals surface area contributed by atoms with E-state index in [0.29, 0.717) is 24.7 Å². The number of hydrogen-bond donors (Lipinski definition) is 1. The Balaban J connectivity index is 0.00000242. The van der Waals surface area contributed by atoms with Crippen LogP contribution in [0.5, 0.6) is 0 Å². The summed E-state index contributed by atoms with van der Waals surface area (Å²) in [6.45, 7) is 4.85. The van der Waals surface area contributed by atoms with Crippen molar-refractivity contribution in [3.05, 3.63) is 33.6 Å². The predicted molar refractivity (Wildman–Crippen MR) is 85.2 cm³/mol. The average Bonchev–Trinajstić information content (AvgIpc) is 2.46. The van der Waals surface area contributed by atoms with Gasteiger partial charge in [0, 0.05) is 25.2 Å². The van der Waals surface area contributed by atoms with Crippen LogP contribution >= 0.6 is 12.4 Å². The number of carbonyl (C=O) groups excluding carboxylic acids is 1. The smallest absolute Gasteiger partial charge is 0.288 e. The molecule has 2 rings (SSSR count). The van der Waals surface area contributed by atoms with Gasteiger partial charge in [0.15, 0.2) is 0 Å². The van der Waals surface area contributed by atoms with E-state index >= 15 is 0 Å². The molecular weight excluding hydrogens is 308 g/mol. The van der Waals surface area contributed by atoms with Crippen molar-refractivity contribution in [1.82, 2.24) is 9.88 Å². The quantitative estimate of drug-likeness (QED) is 0.674. The zero-order valence-electron chi connectivity index (χ0n) is 12.7. The van der Waals surface area contributed by atoms with Gasteiger partial charge in [-0.1, -0.05) is 6.92 Å². The van der Waals surface area contributed by atoms with Crippen LogP contribution in [0.4, 0.5) is 5.69 Å². The number of nitrogens with two attached hydrogens (primary N) is 1. The van der Waals surface area contributed by atoms with Crippen LogP contribution in [0.15, 0.2) is 12.3 Å². The molecule has 2 unspecified atom stereocenters. The van der Waals surface area contributed by atoms with Gasteiger partial charge >= 0.3 is 0 Å². The number of piperidine rings is 1. The number of carbonyl (C=O) groups is 1. The summed E-state index contributed by atoms with van der Waals surface area (Å²) >= 11 is 0. The van der Waals surface area contributed by atoms with Gasteiger partial charge in [-0.05, 0) is 25.7 Å². The van der Waals surface area contributed by atoms with Crippen molar-refractivity contribution in [2.24, 2.45) is 11.7 Å². The van der Waals surface area contributed by atoms with Gasteiger partial charge in [-0.3, -0.25) is 19.9 Å². The van der Waals surface area contributed by atoms with Crippen LogP contribution in [-0.2, 0) is 0 Å². The number of nitrogens with zero attached hydrogens (tertiary/aromatic N) is 3. The van der Waals surface area contributed by atoms with Crippen molar-refractivity contribution in [3.63, 3.8) is 0 Å². The molecule has 0 aromatic carbocycles. The van der Waals surface area contributed by atoms with E-state index in [0.717, 1.165) is 12.8 Å². The standard InChI is InChI=1S/C14H20N4O3.ClH/c1-9-3-4-17(11(5-9)7-15)14(19)13-6-12(18(20)21)8-16-10(13)2;/h6,8-9,11H,3-5,7,15H2,1-2H3;1H. The van der Waals surface area contributed by atoms with Crippen LogP contribution in [0, 0.1) is 23.0 Å². The van der Waals surface area contributed by atoms with Crippen LogP contribution in [-0.4, -0.2) is 39.8 Å². The number of likely N-dealkylation sites (tertiary alicyclic amines) is 1. The zero-order valence-corrected chi connectivity index (χ0v) is 13.5. The molecule has 1 fully saturated rings. The van der Waals surface area contributed by atoms with Crippen molar-refractivity contribution >= 4 is 24.0 Å². The first-order valence-corrected chi connectivity index (χ1v) is 7.06. The maximum Gasteiger partial charge on any atom is 0.288 e. The first-order chi connectivity index (χ1) is 9.93. The Kier molecular flexibility index (Phi) is 6.25. The normalized spacial score (nSPS) is 21.1. The minimum atomic E-state index is -0.540. The molecule has 0 radical (unpaired) electrons. The van der Waals surface area contributed by atoms with Crippen molar-refractivity contribution in [3.8, 4) is 0 Å². The molecule has 1 aliphatic heterocycles. The Labute approximate surface area is 135 Å². The van der Waals surface area contributed by atoms with Crippen molar-refractivity contribution in [1.29, 1.82) is 0 Å². The highest BCUT2D eigenvalue weighted by Gasteiger charge is 2.31. The molecule has 2 N–H and O–H groups in total. The molecule has 0 aliphatic carbocycles. The molecule has 8 heteroatoms. The Morgan fingerprint density at radius 1 is 1.59 bits per heavy atom. The first kappa shape index (κ1) is 18.3. The summed E-state index contributed by atoms with van der Waals surface area (Å²) < 4.78 is 0. The average molecular weight is 329 g/mol. The summed E-state index contributed by atoms with van der Waals surface area (Å²) in [5.74, 6) is 0.318. The zero-order chi connectivity index (χ0) is 15.6. The molecular formula is C14H21ClN4O3. The fourth-order valence-corrected chi connectivity index (χ4v) is 2.74. The molecule has 7 nitrogen and oxygen atoms in total. The van der Waals surface area contributed by atoms with Crippen LogP contribution < -0.4 is 5.73 Å². The number of pyridine rings is 1. The van der Waals surface area contributed by atoms with Gasteiger partial charge < -0.3 is 10.6 Å².